The molecule has 24 heavy (non-hydrogen) atoms. The Bertz CT molecular complexity index is 713. The van der Waals surface area contributed by atoms with Crippen molar-refractivity contribution in [1.82, 2.24) is 10.0 Å². The van der Waals surface area contributed by atoms with Crippen molar-refractivity contribution >= 4 is 27.5 Å². The highest BCUT2D eigenvalue weighted by atomic mass is 35.5. The predicted octanol–water partition coefficient (Wildman–Crippen LogP) is 2.94. The van der Waals surface area contributed by atoms with Crippen LogP contribution < -0.4 is 10.0 Å². The van der Waals surface area contributed by atoms with E-state index < -0.39 is 37.2 Å². The number of alkyl halides is 3. The van der Waals surface area contributed by atoms with Crippen LogP contribution in [0.5, 0.6) is 0 Å². The van der Waals surface area contributed by atoms with Gasteiger partial charge in [-0.3, -0.25) is 4.79 Å². The van der Waals surface area contributed by atoms with Gasteiger partial charge in [0.25, 0.3) is 0 Å². The molecule has 0 saturated carbocycles. The number of carbonyl (C=O) groups excluding carboxylic acids is 1. The molecule has 0 aliphatic heterocycles. The van der Waals surface area contributed by atoms with Crippen LogP contribution in [0.2, 0.25) is 5.02 Å². The Balaban J connectivity index is 2.82. The van der Waals surface area contributed by atoms with Crippen LogP contribution in [0, 0.1) is 0 Å². The Morgan fingerprint density at radius 3 is 2.29 bits per heavy atom. The molecule has 2 N–H and O–H groups in total. The molecule has 0 unspecified atom stereocenters. The van der Waals surface area contributed by atoms with Crippen LogP contribution in [-0.4, -0.2) is 26.4 Å². The summed E-state index contributed by atoms with van der Waals surface area (Å²) in [5.74, 6) is -0.378. The second kappa shape index (κ2) is 7.28. The summed E-state index contributed by atoms with van der Waals surface area (Å²) in [6.07, 6.45) is -4.91. The summed E-state index contributed by atoms with van der Waals surface area (Å²) < 4.78 is 64.5. The van der Waals surface area contributed by atoms with Crippen molar-refractivity contribution < 1.29 is 26.4 Å². The zero-order chi connectivity index (χ0) is 18.8. The first-order valence-corrected chi connectivity index (χ1v) is 8.76. The number of rotatable bonds is 5. The van der Waals surface area contributed by atoms with Gasteiger partial charge in [0, 0.05) is 18.5 Å². The van der Waals surface area contributed by atoms with Gasteiger partial charge in [-0.1, -0.05) is 11.6 Å². The number of nitrogens with one attached hydrogen (secondary N) is 2. The molecule has 10 heteroatoms. The quantitative estimate of drug-likeness (QED) is 0.817. The van der Waals surface area contributed by atoms with Crippen molar-refractivity contribution in [3.05, 3.63) is 28.8 Å². The molecule has 5 nitrogen and oxygen atoms in total. The molecule has 0 spiro atoms. The molecule has 0 aromatic heterocycles. The zero-order valence-corrected chi connectivity index (χ0v) is 14.9. The van der Waals surface area contributed by atoms with E-state index in [1.165, 1.54) is 0 Å². The molecule has 0 aliphatic carbocycles. The molecule has 0 radical (unpaired) electrons. The molecule has 136 valence electrons. The summed E-state index contributed by atoms with van der Waals surface area (Å²) >= 11 is 5.45. The van der Waals surface area contributed by atoms with Crippen LogP contribution in [0.4, 0.5) is 13.2 Å². The molecule has 1 amide bonds. The minimum Gasteiger partial charge on any atom is -0.351 e. The standard InChI is InChI=1S/C14H18ClF3N2O3S/c1-13(2,3)20-12(21)6-7-19-24(22,23)9-4-5-11(15)10(8-9)14(16,17)18/h4-5,8,19H,6-7H2,1-3H3,(H,20,21). The van der Waals surface area contributed by atoms with Crippen LogP contribution in [0.3, 0.4) is 0 Å². The topological polar surface area (TPSA) is 75.3 Å². The number of amides is 1. The summed E-state index contributed by atoms with van der Waals surface area (Å²) in [4.78, 5) is 11.0. The van der Waals surface area contributed by atoms with Crippen molar-refractivity contribution in [2.45, 2.75) is 43.8 Å². The second-order valence-corrected chi connectivity index (χ2v) is 8.26. The summed E-state index contributed by atoms with van der Waals surface area (Å²) in [5, 5.41) is 2.05. The summed E-state index contributed by atoms with van der Waals surface area (Å²) in [6.45, 7) is 5.05. The maximum atomic E-state index is 12.8. The van der Waals surface area contributed by atoms with Crippen LogP contribution in [0.15, 0.2) is 23.1 Å². The van der Waals surface area contributed by atoms with E-state index in [9.17, 15) is 26.4 Å². The minimum absolute atomic E-state index is 0.143. The summed E-state index contributed by atoms with van der Waals surface area (Å²) in [5.41, 5.74) is -1.70. The van der Waals surface area contributed by atoms with Crippen molar-refractivity contribution in [3.8, 4) is 0 Å². The third-order valence-electron chi connectivity index (χ3n) is 2.71. The lowest BCUT2D eigenvalue weighted by molar-refractivity contribution is -0.137. The normalized spacial score (nSPS) is 13.0. The number of hydrogen-bond donors (Lipinski definition) is 2. The number of halogens is 4. The van der Waals surface area contributed by atoms with E-state index in [2.05, 4.69) is 10.0 Å². The van der Waals surface area contributed by atoms with E-state index in [4.69, 9.17) is 11.6 Å². The van der Waals surface area contributed by atoms with Crippen LogP contribution in [0.25, 0.3) is 0 Å². The van der Waals surface area contributed by atoms with Gasteiger partial charge in [-0.05, 0) is 39.0 Å². The Hall–Kier alpha value is -1.32. The maximum Gasteiger partial charge on any atom is 0.417 e. The Labute approximate surface area is 143 Å². The number of benzene rings is 1. The largest absolute Gasteiger partial charge is 0.417 e. The van der Waals surface area contributed by atoms with Gasteiger partial charge in [-0.25, -0.2) is 13.1 Å². The number of hydrogen-bond acceptors (Lipinski definition) is 3. The summed E-state index contributed by atoms with van der Waals surface area (Å²) in [7, 11) is -4.19. The highest BCUT2D eigenvalue weighted by Gasteiger charge is 2.34. The van der Waals surface area contributed by atoms with E-state index in [1.54, 1.807) is 20.8 Å². The van der Waals surface area contributed by atoms with E-state index in [-0.39, 0.29) is 18.9 Å². The van der Waals surface area contributed by atoms with E-state index in [0.29, 0.717) is 6.07 Å². The lowest BCUT2D eigenvalue weighted by atomic mass is 10.1. The zero-order valence-electron chi connectivity index (χ0n) is 13.3. The molecular weight excluding hydrogens is 369 g/mol. The van der Waals surface area contributed by atoms with E-state index in [0.717, 1.165) is 12.1 Å². The third-order valence-corrected chi connectivity index (χ3v) is 4.50. The fourth-order valence-corrected chi connectivity index (χ4v) is 3.03. The van der Waals surface area contributed by atoms with Gasteiger partial charge in [0.2, 0.25) is 15.9 Å². The highest BCUT2D eigenvalue weighted by molar-refractivity contribution is 7.89. The van der Waals surface area contributed by atoms with Crippen molar-refractivity contribution in [2.75, 3.05) is 6.54 Å². The number of carbonyl (C=O) groups is 1. The minimum atomic E-state index is -4.77. The van der Waals surface area contributed by atoms with Gasteiger partial charge in [0.05, 0.1) is 15.5 Å². The molecule has 0 bridgehead atoms. The van der Waals surface area contributed by atoms with Crippen molar-refractivity contribution in [1.29, 1.82) is 0 Å². The first-order valence-electron chi connectivity index (χ1n) is 6.90. The Kier molecular flexibility index (Phi) is 6.29. The lowest BCUT2D eigenvalue weighted by Gasteiger charge is -2.20. The fourth-order valence-electron chi connectivity index (χ4n) is 1.75. The molecule has 1 aromatic carbocycles. The Morgan fingerprint density at radius 1 is 1.21 bits per heavy atom. The van der Waals surface area contributed by atoms with Gasteiger partial charge < -0.3 is 5.32 Å². The monoisotopic (exact) mass is 386 g/mol. The highest BCUT2D eigenvalue weighted by Crippen LogP contribution is 2.35. The molecule has 0 heterocycles. The lowest BCUT2D eigenvalue weighted by Crippen LogP contribution is -2.41. The van der Waals surface area contributed by atoms with Crippen LogP contribution >= 0.6 is 11.6 Å². The molecule has 0 atom stereocenters. The molecule has 0 aliphatic rings. The average molecular weight is 387 g/mol. The molecule has 0 saturated heterocycles. The van der Waals surface area contributed by atoms with Gasteiger partial charge in [0.1, 0.15) is 0 Å². The second-order valence-electron chi connectivity index (χ2n) is 6.09. The SMILES string of the molecule is CC(C)(C)NC(=O)CCNS(=O)(=O)c1ccc(Cl)c(C(F)(F)F)c1. The molecule has 1 aromatic rings. The van der Waals surface area contributed by atoms with Crippen molar-refractivity contribution in [2.24, 2.45) is 0 Å². The fraction of sp³-hybridized carbons (Fsp3) is 0.500. The van der Waals surface area contributed by atoms with Gasteiger partial charge in [0.15, 0.2) is 0 Å². The summed E-state index contributed by atoms with van der Waals surface area (Å²) in [6, 6.07) is 2.29. The van der Waals surface area contributed by atoms with Crippen LogP contribution in [-0.2, 0) is 21.0 Å². The van der Waals surface area contributed by atoms with E-state index >= 15 is 0 Å². The van der Waals surface area contributed by atoms with Gasteiger partial charge in [-0.2, -0.15) is 13.2 Å². The van der Waals surface area contributed by atoms with Gasteiger partial charge in [-0.15, -0.1) is 0 Å². The first kappa shape index (κ1) is 20.7. The maximum absolute atomic E-state index is 12.8. The molecule has 1 rings (SSSR count). The average Bonchev–Trinajstić information content (AvgIpc) is 2.34. The molecule has 0 fully saturated rings. The molecular formula is C14H18ClF3N2O3S. The Morgan fingerprint density at radius 2 is 1.79 bits per heavy atom. The predicted molar refractivity (Wildman–Crippen MR) is 84.2 cm³/mol. The number of sulfonamides is 1. The van der Waals surface area contributed by atoms with Crippen LogP contribution in [0.1, 0.15) is 32.8 Å². The van der Waals surface area contributed by atoms with Crippen molar-refractivity contribution in [3.63, 3.8) is 0 Å². The van der Waals surface area contributed by atoms with Gasteiger partial charge >= 0.3 is 6.18 Å². The van der Waals surface area contributed by atoms with E-state index in [1.807, 2.05) is 0 Å². The first-order chi connectivity index (χ1) is 10.7. The third kappa shape index (κ3) is 6.29. The smallest absolute Gasteiger partial charge is 0.351 e.